The lowest BCUT2D eigenvalue weighted by Crippen LogP contribution is -2.66. The summed E-state index contributed by atoms with van der Waals surface area (Å²) in [6.07, 6.45) is 3.55. The fraction of sp³-hybridized carbons (Fsp3) is 0.769. The predicted octanol–water partition coefficient (Wildman–Crippen LogP) is 3.54. The molecule has 0 bridgehead atoms. The molecule has 5 atom stereocenters. The molecule has 0 N–H and O–H groups in total. The second-order valence-corrected chi connectivity index (χ2v) is 6.74. The second kappa shape index (κ2) is 2.58. The number of carbonyl (C=O) groups excluding carboxylic acids is 1. The smallest absolute Gasteiger partial charge is 0.147 e. The number of halogens is 1. The Kier molecular flexibility index (Phi) is 1.73. The molecule has 15 heavy (non-hydrogen) atoms. The quantitative estimate of drug-likeness (QED) is 0.665. The summed E-state index contributed by atoms with van der Waals surface area (Å²) >= 11 is 3.70. The van der Waals surface area contributed by atoms with E-state index in [1.165, 1.54) is 17.3 Å². The molecule has 2 fully saturated rings. The van der Waals surface area contributed by atoms with Gasteiger partial charge in [-0.1, -0.05) is 36.7 Å². The van der Waals surface area contributed by atoms with Gasteiger partial charge in [0.25, 0.3) is 0 Å². The minimum absolute atomic E-state index is 0.269. The van der Waals surface area contributed by atoms with Crippen LogP contribution in [0, 0.1) is 28.6 Å². The molecule has 3 rings (SSSR count). The maximum Gasteiger partial charge on any atom is 0.147 e. The summed E-state index contributed by atoms with van der Waals surface area (Å²) in [4.78, 5) is 11.2. The lowest BCUT2D eigenvalue weighted by atomic mass is 9.33. The highest BCUT2D eigenvalue weighted by atomic mass is 79.9. The van der Waals surface area contributed by atoms with Crippen molar-refractivity contribution in [2.75, 3.05) is 0 Å². The highest BCUT2D eigenvalue weighted by Gasteiger charge is 2.76. The first-order valence-corrected chi connectivity index (χ1v) is 6.64. The van der Waals surface area contributed by atoms with Gasteiger partial charge in [0, 0.05) is 15.5 Å². The summed E-state index contributed by atoms with van der Waals surface area (Å²) in [5.74, 6) is 2.11. The topological polar surface area (TPSA) is 17.1 Å². The molecule has 0 aromatic rings. The fourth-order valence-corrected chi connectivity index (χ4v) is 6.20. The van der Waals surface area contributed by atoms with E-state index in [4.69, 9.17) is 0 Å². The van der Waals surface area contributed by atoms with E-state index in [2.05, 4.69) is 36.7 Å². The largest absolute Gasteiger partial charge is 0.298 e. The van der Waals surface area contributed by atoms with E-state index in [0.717, 1.165) is 23.7 Å². The third kappa shape index (κ3) is 0.729. The van der Waals surface area contributed by atoms with Crippen LogP contribution in [0.25, 0.3) is 0 Å². The maximum absolute atomic E-state index is 11.2. The Bertz CT molecular complexity index is 380. The van der Waals surface area contributed by atoms with Crippen LogP contribution in [0.1, 0.15) is 33.6 Å². The summed E-state index contributed by atoms with van der Waals surface area (Å²) in [5.41, 5.74) is 1.76. The lowest BCUT2D eigenvalue weighted by Gasteiger charge is -2.71. The third-order valence-corrected chi connectivity index (χ3v) is 7.04. The van der Waals surface area contributed by atoms with Crippen molar-refractivity contribution in [2.45, 2.75) is 33.6 Å². The minimum Gasteiger partial charge on any atom is -0.298 e. The SMILES string of the molecule is CC1CC2C(C=O)=C(Br)C3(C)CC(C)C123. The van der Waals surface area contributed by atoms with Crippen LogP contribution in [-0.4, -0.2) is 6.29 Å². The van der Waals surface area contributed by atoms with Crippen LogP contribution in [0.2, 0.25) is 0 Å². The average Bonchev–Trinajstić information content (AvgIpc) is 2.26. The summed E-state index contributed by atoms with van der Waals surface area (Å²) < 4.78 is 1.22. The van der Waals surface area contributed by atoms with E-state index in [-0.39, 0.29) is 5.41 Å². The third-order valence-electron chi connectivity index (χ3n) is 5.71. The van der Waals surface area contributed by atoms with Crippen LogP contribution in [0.3, 0.4) is 0 Å². The Morgan fingerprint density at radius 3 is 2.47 bits per heavy atom. The van der Waals surface area contributed by atoms with Crippen LogP contribution in [0.5, 0.6) is 0 Å². The molecule has 0 aromatic carbocycles. The van der Waals surface area contributed by atoms with Gasteiger partial charge < -0.3 is 0 Å². The molecule has 0 saturated heterocycles. The molecule has 5 unspecified atom stereocenters. The van der Waals surface area contributed by atoms with Crippen molar-refractivity contribution < 1.29 is 4.79 Å². The Balaban J connectivity index is 2.15. The Morgan fingerprint density at radius 2 is 2.07 bits per heavy atom. The highest BCUT2D eigenvalue weighted by molar-refractivity contribution is 9.11. The van der Waals surface area contributed by atoms with E-state index in [9.17, 15) is 4.79 Å². The van der Waals surface area contributed by atoms with Crippen LogP contribution in [-0.2, 0) is 4.79 Å². The highest BCUT2D eigenvalue weighted by Crippen LogP contribution is 2.82. The molecule has 1 nitrogen and oxygen atoms in total. The molecule has 2 saturated carbocycles. The Hall–Kier alpha value is -0.110. The van der Waals surface area contributed by atoms with Crippen LogP contribution in [0.4, 0.5) is 0 Å². The van der Waals surface area contributed by atoms with Crippen LogP contribution < -0.4 is 0 Å². The molecule has 0 radical (unpaired) electrons. The van der Waals surface area contributed by atoms with Crippen molar-refractivity contribution in [3.05, 3.63) is 10.1 Å². The predicted molar refractivity (Wildman–Crippen MR) is 63.6 cm³/mol. The molecule has 3 aliphatic rings. The van der Waals surface area contributed by atoms with Crippen molar-refractivity contribution in [1.29, 1.82) is 0 Å². The molecule has 0 aliphatic heterocycles. The van der Waals surface area contributed by atoms with E-state index in [1.54, 1.807) is 0 Å². The molecule has 0 amide bonds. The standard InChI is InChI=1S/C13H17BrO/c1-7-4-10-9(6-15)11(14)12(3)5-8(2)13(7,10)12/h6-8,10H,4-5H2,1-3H3. The van der Waals surface area contributed by atoms with Crippen molar-refractivity contribution in [1.82, 2.24) is 0 Å². The number of hydrogen-bond acceptors (Lipinski definition) is 1. The number of aldehydes is 1. The Morgan fingerprint density at radius 1 is 1.40 bits per heavy atom. The molecular formula is C13H17BrO. The lowest BCUT2D eigenvalue weighted by molar-refractivity contribution is -0.215. The van der Waals surface area contributed by atoms with Gasteiger partial charge in [0.1, 0.15) is 6.29 Å². The first-order chi connectivity index (χ1) is 7.00. The Labute approximate surface area is 99.4 Å². The normalized spacial score (nSPS) is 56.7. The van der Waals surface area contributed by atoms with Crippen molar-refractivity contribution in [2.24, 2.45) is 28.6 Å². The van der Waals surface area contributed by atoms with Crippen molar-refractivity contribution >= 4 is 22.2 Å². The van der Waals surface area contributed by atoms with Gasteiger partial charge in [0.05, 0.1) is 0 Å². The van der Waals surface area contributed by atoms with Gasteiger partial charge in [-0.25, -0.2) is 0 Å². The summed E-state index contributed by atoms with van der Waals surface area (Å²) in [5, 5.41) is 0. The van der Waals surface area contributed by atoms with E-state index >= 15 is 0 Å². The average molecular weight is 269 g/mol. The van der Waals surface area contributed by atoms with Crippen molar-refractivity contribution in [3.8, 4) is 0 Å². The van der Waals surface area contributed by atoms with Gasteiger partial charge in [0.15, 0.2) is 0 Å². The fourth-order valence-electron chi connectivity index (χ4n) is 5.32. The number of rotatable bonds is 1. The molecule has 0 aromatic heterocycles. The first kappa shape index (κ1) is 10.1. The van der Waals surface area contributed by atoms with Crippen LogP contribution >= 0.6 is 15.9 Å². The van der Waals surface area contributed by atoms with E-state index in [1.807, 2.05) is 0 Å². The van der Waals surface area contributed by atoms with E-state index in [0.29, 0.717) is 11.3 Å². The summed E-state index contributed by atoms with van der Waals surface area (Å²) in [6.45, 7) is 7.06. The second-order valence-electron chi connectivity index (χ2n) is 5.95. The zero-order chi connectivity index (χ0) is 11.0. The monoisotopic (exact) mass is 268 g/mol. The van der Waals surface area contributed by atoms with Gasteiger partial charge in [-0.05, 0) is 36.0 Å². The zero-order valence-electron chi connectivity index (χ0n) is 9.51. The van der Waals surface area contributed by atoms with Gasteiger partial charge in [-0.2, -0.15) is 0 Å². The zero-order valence-corrected chi connectivity index (χ0v) is 11.1. The number of carbonyl (C=O) groups is 1. The number of hydrogen-bond donors (Lipinski definition) is 0. The van der Waals surface area contributed by atoms with Gasteiger partial charge in [-0.15, -0.1) is 0 Å². The van der Waals surface area contributed by atoms with Crippen molar-refractivity contribution in [3.63, 3.8) is 0 Å². The van der Waals surface area contributed by atoms with Crippen LogP contribution in [0.15, 0.2) is 10.1 Å². The molecule has 2 heteroatoms. The van der Waals surface area contributed by atoms with Gasteiger partial charge in [-0.3, -0.25) is 4.79 Å². The van der Waals surface area contributed by atoms with E-state index < -0.39 is 0 Å². The molecule has 3 aliphatic carbocycles. The van der Waals surface area contributed by atoms with Gasteiger partial charge in [0.2, 0.25) is 0 Å². The summed E-state index contributed by atoms with van der Waals surface area (Å²) in [7, 11) is 0. The molecule has 1 spiro atoms. The first-order valence-electron chi connectivity index (χ1n) is 5.85. The maximum atomic E-state index is 11.2. The van der Waals surface area contributed by atoms with Gasteiger partial charge >= 0.3 is 0 Å². The molecule has 82 valence electrons. The minimum atomic E-state index is 0.269. The molecule has 0 heterocycles. The summed E-state index contributed by atoms with van der Waals surface area (Å²) in [6, 6.07) is 0. The molecular weight excluding hydrogens is 252 g/mol. The number of allylic oxidation sites excluding steroid dienone is 2.